The van der Waals surface area contributed by atoms with Crippen molar-refractivity contribution in [2.45, 2.75) is 32.6 Å². The van der Waals surface area contributed by atoms with Crippen LogP contribution in [0.4, 0.5) is 11.4 Å². The van der Waals surface area contributed by atoms with Crippen LogP contribution in [-0.4, -0.2) is 36.6 Å². The molecular formula is C29H29N5O5S. The van der Waals surface area contributed by atoms with E-state index < -0.39 is 38.0 Å². The normalized spacial score (nSPS) is 11.5. The van der Waals surface area contributed by atoms with Crippen LogP contribution in [0.3, 0.4) is 0 Å². The molecule has 1 heterocycles. The number of nitrogens with one attached hydrogen (secondary N) is 1. The summed E-state index contributed by atoms with van der Waals surface area (Å²) in [4.78, 5) is 23.2. The van der Waals surface area contributed by atoms with E-state index in [0.29, 0.717) is 0 Å². The monoisotopic (exact) mass is 559 g/mol. The molecule has 11 heteroatoms. The van der Waals surface area contributed by atoms with Crippen LogP contribution in [0, 0.1) is 37.8 Å². The van der Waals surface area contributed by atoms with Crippen molar-refractivity contribution >= 4 is 33.5 Å². The van der Waals surface area contributed by atoms with Gasteiger partial charge in [-0.15, -0.1) is 0 Å². The van der Waals surface area contributed by atoms with Gasteiger partial charge in [-0.25, -0.2) is 13.8 Å². The summed E-state index contributed by atoms with van der Waals surface area (Å²) in [5, 5.41) is 15.6. The second-order valence-corrected chi connectivity index (χ2v) is 11.1. The third-order valence-electron chi connectivity index (χ3n) is 6.49. The maximum absolute atomic E-state index is 13.6. The molecule has 0 bridgehead atoms. The Morgan fingerprint density at radius 3 is 2.25 bits per heavy atom. The molecule has 4 aromatic rings. The molecule has 0 saturated carbocycles. The van der Waals surface area contributed by atoms with Gasteiger partial charge in [0.1, 0.15) is 6.54 Å². The molecule has 206 valence electrons. The smallest absolute Gasteiger partial charge is 0.289 e. The van der Waals surface area contributed by atoms with Gasteiger partial charge in [0.15, 0.2) is 4.90 Å². The fourth-order valence-electron chi connectivity index (χ4n) is 4.61. The Morgan fingerprint density at radius 2 is 1.60 bits per heavy atom. The van der Waals surface area contributed by atoms with E-state index in [1.807, 2.05) is 52.0 Å². The minimum Gasteiger partial charge on any atom is -0.317 e. The van der Waals surface area contributed by atoms with Gasteiger partial charge in [0, 0.05) is 23.0 Å². The van der Waals surface area contributed by atoms with Crippen LogP contribution < -0.4 is 9.73 Å². The van der Waals surface area contributed by atoms with E-state index >= 15 is 0 Å². The molecule has 3 aromatic carbocycles. The molecule has 1 N–H and O–H groups in total. The van der Waals surface area contributed by atoms with Crippen molar-refractivity contribution in [3.8, 4) is 5.69 Å². The molecule has 4 rings (SSSR count). The van der Waals surface area contributed by atoms with E-state index in [4.69, 9.17) is 0 Å². The number of sulfonamides is 1. The van der Waals surface area contributed by atoms with Crippen LogP contribution in [0.2, 0.25) is 0 Å². The van der Waals surface area contributed by atoms with E-state index in [1.165, 1.54) is 30.5 Å². The number of hydrogen-bond acceptors (Lipinski definition) is 6. The topological polar surface area (TPSA) is 127 Å². The summed E-state index contributed by atoms with van der Waals surface area (Å²) >= 11 is 0. The lowest BCUT2D eigenvalue weighted by Gasteiger charge is -2.23. The molecule has 0 unspecified atom stereocenters. The maximum atomic E-state index is 13.6. The van der Waals surface area contributed by atoms with Gasteiger partial charge >= 0.3 is 0 Å². The fourth-order valence-corrected chi connectivity index (χ4v) is 6.20. The van der Waals surface area contributed by atoms with Gasteiger partial charge in [-0.2, -0.15) is 5.10 Å². The fraction of sp³-hybridized carbons (Fsp3) is 0.172. The number of nitro groups is 1. The van der Waals surface area contributed by atoms with Crippen LogP contribution in [-0.2, 0) is 14.8 Å². The number of aromatic nitrogens is 1. The number of benzene rings is 3. The Morgan fingerprint density at radius 1 is 0.975 bits per heavy atom. The lowest BCUT2D eigenvalue weighted by Crippen LogP contribution is -2.39. The molecule has 1 amide bonds. The highest BCUT2D eigenvalue weighted by molar-refractivity contribution is 7.93. The Labute approximate surface area is 232 Å². The number of anilines is 1. The third-order valence-corrected chi connectivity index (χ3v) is 8.31. The number of hydrogen-bond donors (Lipinski definition) is 1. The van der Waals surface area contributed by atoms with Gasteiger partial charge in [-0.3, -0.25) is 19.2 Å². The summed E-state index contributed by atoms with van der Waals surface area (Å²) in [5.74, 6) is -0.717. The number of amides is 1. The van der Waals surface area contributed by atoms with E-state index in [-0.39, 0.29) is 5.69 Å². The quantitative estimate of drug-likeness (QED) is 0.176. The first-order chi connectivity index (χ1) is 19.0. The highest BCUT2D eigenvalue weighted by atomic mass is 32.2. The Bertz CT molecular complexity index is 1690. The SMILES string of the molecule is Cc1cccc(C)c1-n1c(C)cc(/C=N/NC(=O)CN(c2ccccc2)S(=O)(=O)c2ccccc2[N+](=O)[O-])c1C. The minimum atomic E-state index is -4.47. The first kappa shape index (κ1) is 28.2. The molecule has 0 atom stereocenters. The van der Waals surface area contributed by atoms with E-state index in [0.717, 1.165) is 50.2 Å². The number of carbonyl (C=O) groups excluding carboxylic acids is 1. The zero-order chi connectivity index (χ0) is 29.0. The summed E-state index contributed by atoms with van der Waals surface area (Å²) in [6, 6.07) is 21.0. The molecular weight excluding hydrogens is 530 g/mol. The van der Waals surface area contributed by atoms with Crippen LogP contribution in [0.25, 0.3) is 5.69 Å². The first-order valence-corrected chi connectivity index (χ1v) is 13.8. The number of nitrogens with zero attached hydrogens (tertiary/aromatic N) is 4. The lowest BCUT2D eigenvalue weighted by molar-refractivity contribution is -0.387. The second kappa shape index (κ2) is 11.5. The number of nitro benzene ring substituents is 1. The molecule has 0 spiro atoms. The maximum Gasteiger partial charge on any atom is 0.289 e. The highest BCUT2D eigenvalue weighted by Gasteiger charge is 2.33. The second-order valence-electron chi connectivity index (χ2n) is 9.27. The Hall–Kier alpha value is -4.77. The number of para-hydroxylation sites is 3. The van der Waals surface area contributed by atoms with Crippen LogP contribution in [0.1, 0.15) is 28.1 Å². The summed E-state index contributed by atoms with van der Waals surface area (Å²) in [6.07, 6.45) is 1.51. The van der Waals surface area contributed by atoms with Gasteiger partial charge in [0.05, 0.1) is 22.5 Å². The van der Waals surface area contributed by atoms with E-state index in [2.05, 4.69) is 15.1 Å². The Kier molecular flexibility index (Phi) is 8.15. The summed E-state index contributed by atoms with van der Waals surface area (Å²) < 4.78 is 30.1. The van der Waals surface area contributed by atoms with Crippen LogP contribution in [0.5, 0.6) is 0 Å². The largest absolute Gasteiger partial charge is 0.317 e. The van der Waals surface area contributed by atoms with E-state index in [9.17, 15) is 23.3 Å². The van der Waals surface area contributed by atoms with Crippen molar-refractivity contribution in [2.24, 2.45) is 5.10 Å². The summed E-state index contributed by atoms with van der Waals surface area (Å²) in [7, 11) is -4.47. The molecule has 0 aliphatic heterocycles. The third kappa shape index (κ3) is 5.64. The Balaban J connectivity index is 1.59. The van der Waals surface area contributed by atoms with Crippen molar-refractivity contribution < 1.29 is 18.1 Å². The predicted molar refractivity (Wildman–Crippen MR) is 155 cm³/mol. The van der Waals surface area contributed by atoms with Crippen LogP contribution in [0.15, 0.2) is 88.9 Å². The molecule has 0 aliphatic rings. The lowest BCUT2D eigenvalue weighted by atomic mass is 10.1. The minimum absolute atomic E-state index is 0.178. The average Bonchev–Trinajstić information content (AvgIpc) is 3.20. The molecule has 0 aliphatic carbocycles. The van der Waals surface area contributed by atoms with Gasteiger partial charge in [-0.05, 0) is 63.1 Å². The van der Waals surface area contributed by atoms with Crippen molar-refractivity contribution in [3.63, 3.8) is 0 Å². The molecule has 0 saturated heterocycles. The van der Waals surface area contributed by atoms with Gasteiger partial charge < -0.3 is 4.57 Å². The molecule has 40 heavy (non-hydrogen) atoms. The average molecular weight is 560 g/mol. The molecule has 10 nitrogen and oxygen atoms in total. The van der Waals surface area contributed by atoms with Gasteiger partial charge in [-0.1, -0.05) is 48.5 Å². The van der Waals surface area contributed by atoms with Crippen molar-refractivity contribution in [1.82, 2.24) is 9.99 Å². The summed E-state index contributed by atoms with van der Waals surface area (Å²) in [6.45, 7) is 7.40. The molecule has 1 aromatic heterocycles. The molecule has 0 radical (unpaired) electrons. The number of carbonyl (C=O) groups is 1. The van der Waals surface area contributed by atoms with E-state index in [1.54, 1.807) is 18.2 Å². The number of hydrazone groups is 1. The standard InChI is InChI=1S/C29H29N5O5S/c1-20-11-10-12-21(2)29(20)33-22(3)17-24(23(33)4)18-30-31-28(35)19-32(25-13-6-5-7-14-25)40(38,39)27-16-9-8-15-26(27)34(36)37/h5-18H,19H2,1-4H3,(H,31,35)/b30-18+. The van der Waals surface area contributed by atoms with Gasteiger partial charge in [0.25, 0.3) is 21.6 Å². The zero-order valence-corrected chi connectivity index (χ0v) is 23.3. The van der Waals surface area contributed by atoms with Crippen molar-refractivity contribution in [3.05, 3.63) is 117 Å². The summed E-state index contributed by atoms with van der Waals surface area (Å²) in [5.41, 5.74) is 8.03. The zero-order valence-electron chi connectivity index (χ0n) is 22.5. The first-order valence-electron chi connectivity index (χ1n) is 12.4. The van der Waals surface area contributed by atoms with Gasteiger partial charge in [0.2, 0.25) is 0 Å². The molecule has 0 fully saturated rings. The van der Waals surface area contributed by atoms with Crippen molar-refractivity contribution in [2.75, 3.05) is 10.8 Å². The van der Waals surface area contributed by atoms with Crippen molar-refractivity contribution in [1.29, 1.82) is 0 Å². The van der Waals surface area contributed by atoms with Crippen LogP contribution >= 0.6 is 0 Å². The number of rotatable bonds is 9. The number of aryl methyl sites for hydroxylation is 3. The highest BCUT2D eigenvalue weighted by Crippen LogP contribution is 2.30. The predicted octanol–water partition coefficient (Wildman–Crippen LogP) is 4.96.